The second-order valence-corrected chi connectivity index (χ2v) is 5.35. The first-order valence-electron chi connectivity index (χ1n) is 7.12. The summed E-state index contributed by atoms with van der Waals surface area (Å²) in [5.74, 6) is 0.0287. The maximum atomic E-state index is 12.7. The molecule has 0 aliphatic heterocycles. The van der Waals surface area contributed by atoms with Crippen LogP contribution in [-0.2, 0) is 4.79 Å². The lowest BCUT2D eigenvalue weighted by Crippen LogP contribution is -2.36. The average Bonchev–Trinajstić information content (AvgIpc) is 2.49. The van der Waals surface area contributed by atoms with Crippen LogP contribution in [0.15, 0.2) is 18.2 Å². The minimum atomic E-state index is -0.931. The molecule has 0 heterocycles. The Labute approximate surface area is 130 Å². The highest BCUT2D eigenvalue weighted by atomic mass is 16.5. The summed E-state index contributed by atoms with van der Waals surface area (Å²) in [5.41, 5.74) is 0.368. The lowest BCUT2D eigenvalue weighted by Gasteiger charge is -2.25. The van der Waals surface area contributed by atoms with Crippen LogP contribution in [0.1, 0.15) is 30.6 Å². The van der Waals surface area contributed by atoms with Crippen molar-refractivity contribution in [1.82, 2.24) is 4.90 Å². The van der Waals surface area contributed by atoms with E-state index in [2.05, 4.69) is 0 Å². The summed E-state index contributed by atoms with van der Waals surface area (Å²) in [6, 6.07) is 4.98. The first-order chi connectivity index (χ1) is 10.4. The van der Waals surface area contributed by atoms with Crippen LogP contribution in [-0.4, -0.2) is 49.2 Å². The highest BCUT2D eigenvalue weighted by Gasteiger charge is 2.21. The van der Waals surface area contributed by atoms with Crippen LogP contribution in [0.2, 0.25) is 0 Å². The minimum absolute atomic E-state index is 0.0925. The van der Waals surface area contributed by atoms with E-state index in [4.69, 9.17) is 14.6 Å². The minimum Gasteiger partial charge on any atom is -0.497 e. The van der Waals surface area contributed by atoms with Crippen LogP contribution >= 0.6 is 0 Å². The maximum Gasteiger partial charge on any atom is 0.305 e. The van der Waals surface area contributed by atoms with Gasteiger partial charge in [-0.15, -0.1) is 0 Å². The number of methoxy groups -OCH3 is 2. The molecule has 1 amide bonds. The molecule has 6 nitrogen and oxygen atoms in total. The van der Waals surface area contributed by atoms with Gasteiger partial charge in [-0.05, 0) is 24.1 Å². The molecule has 1 aromatic carbocycles. The van der Waals surface area contributed by atoms with E-state index in [1.165, 1.54) is 19.1 Å². The van der Waals surface area contributed by atoms with E-state index in [-0.39, 0.29) is 24.8 Å². The van der Waals surface area contributed by atoms with E-state index in [9.17, 15) is 9.59 Å². The van der Waals surface area contributed by atoms with Crippen molar-refractivity contribution in [2.75, 3.05) is 27.3 Å². The van der Waals surface area contributed by atoms with E-state index < -0.39 is 5.97 Å². The molecule has 0 radical (unpaired) electrons. The topological polar surface area (TPSA) is 76.1 Å². The van der Waals surface area contributed by atoms with Crippen molar-refractivity contribution in [1.29, 1.82) is 0 Å². The fraction of sp³-hybridized carbons (Fsp3) is 0.500. The maximum absolute atomic E-state index is 12.7. The van der Waals surface area contributed by atoms with Crippen LogP contribution in [0.4, 0.5) is 0 Å². The molecule has 1 aromatic rings. The molecule has 0 fully saturated rings. The number of carbonyl (C=O) groups is 2. The molecular weight excluding hydrogens is 286 g/mol. The molecule has 0 saturated carbocycles. The van der Waals surface area contributed by atoms with Gasteiger partial charge in [0.1, 0.15) is 11.5 Å². The first-order valence-corrected chi connectivity index (χ1v) is 7.12. The number of hydrogen-bond donors (Lipinski definition) is 1. The number of benzene rings is 1. The largest absolute Gasteiger partial charge is 0.497 e. The van der Waals surface area contributed by atoms with Crippen molar-refractivity contribution < 1.29 is 24.2 Å². The highest BCUT2D eigenvalue weighted by molar-refractivity contribution is 5.97. The van der Waals surface area contributed by atoms with Gasteiger partial charge in [0.25, 0.3) is 5.91 Å². The summed E-state index contributed by atoms with van der Waals surface area (Å²) in [5, 5.41) is 8.85. The zero-order chi connectivity index (χ0) is 16.7. The SMILES string of the molecule is COc1ccc(OC)c(C(=O)N(CCC(=O)O)CC(C)C)c1. The number of carboxylic acids is 1. The lowest BCUT2D eigenvalue weighted by atomic mass is 10.1. The third-order valence-electron chi connectivity index (χ3n) is 3.11. The molecule has 0 aliphatic rings. The molecule has 22 heavy (non-hydrogen) atoms. The Bertz CT molecular complexity index is 527. The Hall–Kier alpha value is -2.24. The van der Waals surface area contributed by atoms with Gasteiger partial charge in [0.15, 0.2) is 0 Å². The normalized spacial score (nSPS) is 10.4. The van der Waals surface area contributed by atoms with Crippen LogP contribution in [0.3, 0.4) is 0 Å². The number of carboxylic acid groups (broad SMARTS) is 1. The fourth-order valence-corrected chi connectivity index (χ4v) is 2.10. The Morgan fingerprint density at radius 1 is 1.23 bits per heavy atom. The van der Waals surface area contributed by atoms with Crippen molar-refractivity contribution in [3.05, 3.63) is 23.8 Å². The van der Waals surface area contributed by atoms with Gasteiger partial charge in [-0.2, -0.15) is 0 Å². The number of amides is 1. The van der Waals surface area contributed by atoms with E-state index >= 15 is 0 Å². The van der Waals surface area contributed by atoms with Gasteiger partial charge in [0.2, 0.25) is 0 Å². The number of hydrogen-bond acceptors (Lipinski definition) is 4. The molecular formula is C16H23NO5. The molecule has 6 heteroatoms. The molecule has 122 valence electrons. The van der Waals surface area contributed by atoms with Crippen molar-refractivity contribution in [3.63, 3.8) is 0 Å². The molecule has 0 aliphatic carbocycles. The van der Waals surface area contributed by atoms with E-state index in [1.807, 2.05) is 13.8 Å². The lowest BCUT2D eigenvalue weighted by molar-refractivity contribution is -0.137. The second kappa shape index (κ2) is 8.26. The van der Waals surface area contributed by atoms with Crippen LogP contribution in [0.5, 0.6) is 11.5 Å². The second-order valence-electron chi connectivity index (χ2n) is 5.35. The molecule has 0 spiro atoms. The standard InChI is InChI=1S/C16H23NO5/c1-11(2)10-17(8-7-15(18)19)16(20)13-9-12(21-3)5-6-14(13)22-4/h5-6,9,11H,7-8,10H2,1-4H3,(H,18,19). The summed E-state index contributed by atoms with van der Waals surface area (Å²) in [6.45, 7) is 4.59. The van der Waals surface area contributed by atoms with Gasteiger partial charge in [-0.25, -0.2) is 0 Å². The number of rotatable bonds is 8. The van der Waals surface area contributed by atoms with Gasteiger partial charge >= 0.3 is 5.97 Å². The predicted molar refractivity (Wildman–Crippen MR) is 82.5 cm³/mol. The first kappa shape index (κ1) is 17.8. The van der Waals surface area contributed by atoms with Crippen LogP contribution in [0, 0.1) is 5.92 Å². The molecule has 0 saturated heterocycles. The van der Waals surface area contributed by atoms with Crippen LogP contribution in [0.25, 0.3) is 0 Å². The van der Waals surface area contributed by atoms with Gasteiger partial charge in [-0.1, -0.05) is 13.8 Å². The van der Waals surface area contributed by atoms with Crippen molar-refractivity contribution in [2.24, 2.45) is 5.92 Å². The number of nitrogens with zero attached hydrogens (tertiary/aromatic N) is 1. The number of carbonyl (C=O) groups excluding carboxylic acids is 1. The monoisotopic (exact) mass is 309 g/mol. The van der Waals surface area contributed by atoms with Crippen LogP contribution < -0.4 is 9.47 Å². The fourth-order valence-electron chi connectivity index (χ4n) is 2.10. The molecule has 1 N–H and O–H groups in total. The van der Waals surface area contributed by atoms with Crippen molar-refractivity contribution in [3.8, 4) is 11.5 Å². The summed E-state index contributed by atoms with van der Waals surface area (Å²) >= 11 is 0. The molecule has 1 rings (SSSR count). The molecule has 0 unspecified atom stereocenters. The van der Waals surface area contributed by atoms with Crippen molar-refractivity contribution in [2.45, 2.75) is 20.3 Å². The smallest absolute Gasteiger partial charge is 0.305 e. The van der Waals surface area contributed by atoms with E-state index in [0.29, 0.717) is 23.6 Å². The summed E-state index contributed by atoms with van der Waals surface area (Å²) in [6.07, 6.45) is -0.0925. The van der Waals surface area contributed by atoms with E-state index in [0.717, 1.165) is 0 Å². The molecule has 0 atom stereocenters. The number of ether oxygens (including phenoxy) is 2. The Balaban J connectivity index is 3.08. The van der Waals surface area contributed by atoms with Gasteiger partial charge < -0.3 is 19.5 Å². The third-order valence-corrected chi connectivity index (χ3v) is 3.11. The highest BCUT2D eigenvalue weighted by Crippen LogP contribution is 2.25. The third kappa shape index (κ3) is 4.95. The van der Waals surface area contributed by atoms with E-state index in [1.54, 1.807) is 18.2 Å². The van der Waals surface area contributed by atoms with Gasteiger partial charge in [-0.3, -0.25) is 9.59 Å². The summed E-state index contributed by atoms with van der Waals surface area (Å²) < 4.78 is 10.4. The quantitative estimate of drug-likeness (QED) is 0.797. The van der Waals surface area contributed by atoms with Crippen molar-refractivity contribution >= 4 is 11.9 Å². The Morgan fingerprint density at radius 3 is 2.41 bits per heavy atom. The Kier molecular flexibility index (Phi) is 6.69. The Morgan fingerprint density at radius 2 is 1.91 bits per heavy atom. The number of aliphatic carboxylic acids is 1. The summed E-state index contributed by atoms with van der Waals surface area (Å²) in [4.78, 5) is 25.1. The average molecular weight is 309 g/mol. The molecule has 0 aromatic heterocycles. The van der Waals surface area contributed by atoms with Gasteiger partial charge in [0.05, 0.1) is 26.2 Å². The molecule has 0 bridgehead atoms. The van der Waals surface area contributed by atoms with Gasteiger partial charge in [0, 0.05) is 13.1 Å². The zero-order valence-electron chi connectivity index (χ0n) is 13.5. The zero-order valence-corrected chi connectivity index (χ0v) is 13.5. The summed E-state index contributed by atoms with van der Waals surface area (Å²) in [7, 11) is 3.01. The predicted octanol–water partition coefficient (Wildman–Crippen LogP) is 2.28.